The van der Waals surface area contributed by atoms with Crippen molar-refractivity contribution in [2.75, 3.05) is 5.73 Å². The molecule has 0 atom stereocenters. The van der Waals surface area contributed by atoms with Gasteiger partial charge in [-0.3, -0.25) is 0 Å². The van der Waals surface area contributed by atoms with Gasteiger partial charge in [0.25, 0.3) is 0 Å². The molecule has 4 saturated carbocycles. The van der Waals surface area contributed by atoms with Crippen LogP contribution in [-0.2, 0) is 18.4 Å². The van der Waals surface area contributed by atoms with Crippen molar-refractivity contribution >= 4 is 5.82 Å². The Hall–Kier alpha value is -0.990. The Bertz CT molecular complexity index is 493. The predicted molar refractivity (Wildman–Crippen MR) is 81.5 cm³/mol. The fraction of sp³-hybridized carbons (Fsp3) is 0.824. The zero-order valence-electron chi connectivity index (χ0n) is 12.9. The Morgan fingerprint density at radius 1 is 1.10 bits per heavy atom. The zero-order chi connectivity index (χ0) is 13.9. The highest BCUT2D eigenvalue weighted by Gasteiger charge is 2.53. The zero-order valence-corrected chi connectivity index (χ0v) is 12.9. The van der Waals surface area contributed by atoms with Crippen LogP contribution in [0.15, 0.2) is 0 Å². The average molecular weight is 273 g/mol. The van der Waals surface area contributed by atoms with Crippen LogP contribution >= 0.6 is 0 Å². The topological polar surface area (TPSA) is 43.8 Å². The van der Waals surface area contributed by atoms with E-state index in [1.165, 1.54) is 44.3 Å². The highest BCUT2D eigenvalue weighted by Crippen LogP contribution is 2.60. The summed E-state index contributed by atoms with van der Waals surface area (Å²) in [6.07, 6.45) is 9.54. The molecule has 110 valence electrons. The number of imidazole rings is 1. The van der Waals surface area contributed by atoms with Crippen molar-refractivity contribution in [1.82, 2.24) is 9.55 Å². The van der Waals surface area contributed by atoms with Gasteiger partial charge in [0.05, 0.1) is 5.69 Å². The van der Waals surface area contributed by atoms with Gasteiger partial charge in [-0.2, -0.15) is 0 Å². The first-order chi connectivity index (χ1) is 9.65. The summed E-state index contributed by atoms with van der Waals surface area (Å²) >= 11 is 0. The Morgan fingerprint density at radius 3 is 2.10 bits per heavy atom. The van der Waals surface area contributed by atoms with Crippen molar-refractivity contribution in [1.29, 1.82) is 0 Å². The molecule has 0 spiro atoms. The Morgan fingerprint density at radius 2 is 1.65 bits per heavy atom. The number of aryl methyl sites for hydroxylation is 1. The molecule has 0 aliphatic heterocycles. The van der Waals surface area contributed by atoms with Crippen molar-refractivity contribution in [3.63, 3.8) is 0 Å². The van der Waals surface area contributed by atoms with Crippen molar-refractivity contribution in [3.8, 4) is 0 Å². The molecule has 4 bridgehead atoms. The van der Waals surface area contributed by atoms with Crippen molar-refractivity contribution in [2.45, 2.75) is 70.8 Å². The second-order valence-electron chi connectivity index (χ2n) is 7.56. The van der Waals surface area contributed by atoms with E-state index in [0.717, 1.165) is 42.2 Å². The van der Waals surface area contributed by atoms with Crippen molar-refractivity contribution in [3.05, 3.63) is 11.5 Å². The summed E-state index contributed by atoms with van der Waals surface area (Å²) in [6.45, 7) is 5.35. The van der Waals surface area contributed by atoms with E-state index in [4.69, 9.17) is 10.7 Å². The molecule has 1 aromatic rings. The molecule has 1 aromatic heterocycles. The van der Waals surface area contributed by atoms with Crippen LogP contribution in [0, 0.1) is 17.8 Å². The fourth-order valence-corrected chi connectivity index (χ4v) is 5.89. The van der Waals surface area contributed by atoms with E-state index in [2.05, 4.69) is 18.4 Å². The molecule has 0 radical (unpaired) electrons. The molecule has 4 fully saturated rings. The number of nitrogens with zero attached hydrogens (tertiary/aromatic N) is 2. The SMILES string of the molecule is CCc1nc(C23CC4CC(CC(C4)C2)C3)n(CC)c1N. The summed E-state index contributed by atoms with van der Waals surface area (Å²) in [4.78, 5) is 5.03. The second kappa shape index (κ2) is 4.25. The third-order valence-electron chi connectivity index (χ3n) is 6.25. The van der Waals surface area contributed by atoms with E-state index in [-0.39, 0.29) is 0 Å². The lowest BCUT2D eigenvalue weighted by Crippen LogP contribution is -2.49. The van der Waals surface area contributed by atoms with E-state index in [1.807, 2.05) is 0 Å². The molecule has 0 unspecified atom stereocenters. The number of nitrogen functional groups attached to an aromatic ring is 1. The van der Waals surface area contributed by atoms with Crippen LogP contribution in [0.5, 0.6) is 0 Å². The number of rotatable bonds is 3. The predicted octanol–water partition coefficient (Wildman–Crippen LogP) is 3.52. The first-order valence-electron chi connectivity index (χ1n) is 8.50. The summed E-state index contributed by atoms with van der Waals surface area (Å²) in [5.41, 5.74) is 7.83. The van der Waals surface area contributed by atoms with E-state index in [9.17, 15) is 0 Å². The minimum absolute atomic E-state index is 0.367. The lowest BCUT2D eigenvalue weighted by Gasteiger charge is -2.56. The Kier molecular flexibility index (Phi) is 2.71. The fourth-order valence-electron chi connectivity index (χ4n) is 5.89. The molecule has 5 rings (SSSR count). The van der Waals surface area contributed by atoms with Crippen molar-refractivity contribution in [2.24, 2.45) is 17.8 Å². The highest BCUT2D eigenvalue weighted by atomic mass is 15.2. The van der Waals surface area contributed by atoms with Crippen LogP contribution in [0.3, 0.4) is 0 Å². The maximum Gasteiger partial charge on any atom is 0.126 e. The number of aromatic nitrogens is 2. The summed E-state index contributed by atoms with van der Waals surface area (Å²) in [7, 11) is 0. The summed E-state index contributed by atoms with van der Waals surface area (Å²) in [5.74, 6) is 5.17. The standard InChI is InChI=1S/C17H27N3/c1-3-14-15(18)20(4-2)16(19-14)17-8-11-5-12(9-17)7-13(6-11)10-17/h11-13H,3-10,18H2,1-2H3. The molecule has 0 amide bonds. The lowest BCUT2D eigenvalue weighted by molar-refractivity contribution is -0.0108. The van der Waals surface area contributed by atoms with Gasteiger partial charge in [-0.1, -0.05) is 6.92 Å². The van der Waals surface area contributed by atoms with Gasteiger partial charge in [0.15, 0.2) is 0 Å². The molecule has 2 N–H and O–H groups in total. The van der Waals surface area contributed by atoms with Crippen LogP contribution in [0.4, 0.5) is 5.82 Å². The molecule has 3 nitrogen and oxygen atoms in total. The Labute approximate surface area is 122 Å². The van der Waals surface area contributed by atoms with Gasteiger partial charge in [0.2, 0.25) is 0 Å². The lowest BCUT2D eigenvalue weighted by atomic mass is 9.49. The van der Waals surface area contributed by atoms with Crippen LogP contribution in [0.2, 0.25) is 0 Å². The maximum absolute atomic E-state index is 6.34. The first kappa shape index (κ1) is 12.7. The minimum Gasteiger partial charge on any atom is -0.384 e. The molecular weight excluding hydrogens is 246 g/mol. The molecule has 0 aromatic carbocycles. The number of anilines is 1. The minimum atomic E-state index is 0.367. The summed E-state index contributed by atoms with van der Waals surface area (Å²) in [6, 6.07) is 0. The van der Waals surface area contributed by atoms with Gasteiger partial charge >= 0.3 is 0 Å². The summed E-state index contributed by atoms with van der Waals surface area (Å²) < 4.78 is 2.33. The largest absolute Gasteiger partial charge is 0.384 e. The van der Waals surface area contributed by atoms with E-state index >= 15 is 0 Å². The monoisotopic (exact) mass is 273 g/mol. The van der Waals surface area contributed by atoms with Gasteiger partial charge in [-0.25, -0.2) is 4.98 Å². The molecule has 1 heterocycles. The number of hydrogen-bond acceptors (Lipinski definition) is 2. The third kappa shape index (κ3) is 1.61. The quantitative estimate of drug-likeness (QED) is 0.915. The van der Waals surface area contributed by atoms with Crippen LogP contribution < -0.4 is 5.73 Å². The van der Waals surface area contributed by atoms with Crippen LogP contribution in [-0.4, -0.2) is 9.55 Å². The third-order valence-corrected chi connectivity index (χ3v) is 6.25. The van der Waals surface area contributed by atoms with Gasteiger partial charge in [0.1, 0.15) is 11.6 Å². The van der Waals surface area contributed by atoms with Gasteiger partial charge in [0, 0.05) is 12.0 Å². The number of hydrogen-bond donors (Lipinski definition) is 1. The normalized spacial score (nSPS) is 38.6. The molecule has 20 heavy (non-hydrogen) atoms. The van der Waals surface area contributed by atoms with E-state index < -0.39 is 0 Å². The first-order valence-corrected chi connectivity index (χ1v) is 8.50. The van der Waals surface area contributed by atoms with E-state index in [0.29, 0.717) is 5.41 Å². The number of nitrogens with two attached hydrogens (primary N) is 1. The van der Waals surface area contributed by atoms with Crippen LogP contribution in [0.25, 0.3) is 0 Å². The molecule has 0 saturated heterocycles. The Balaban J connectivity index is 1.80. The van der Waals surface area contributed by atoms with Gasteiger partial charge in [-0.15, -0.1) is 0 Å². The van der Waals surface area contributed by atoms with Gasteiger partial charge in [-0.05, 0) is 69.6 Å². The molecule has 3 heteroatoms. The average Bonchev–Trinajstić information content (AvgIpc) is 2.74. The molecule has 4 aliphatic rings. The highest BCUT2D eigenvalue weighted by molar-refractivity contribution is 5.40. The van der Waals surface area contributed by atoms with E-state index in [1.54, 1.807) is 0 Å². The van der Waals surface area contributed by atoms with Crippen molar-refractivity contribution < 1.29 is 0 Å². The smallest absolute Gasteiger partial charge is 0.126 e. The van der Waals surface area contributed by atoms with Gasteiger partial charge < -0.3 is 10.3 Å². The second-order valence-corrected chi connectivity index (χ2v) is 7.56. The molecule has 4 aliphatic carbocycles. The summed E-state index contributed by atoms with van der Waals surface area (Å²) in [5, 5.41) is 0. The maximum atomic E-state index is 6.34. The van der Waals surface area contributed by atoms with Crippen LogP contribution in [0.1, 0.15) is 63.9 Å². The molecular formula is C17H27N3.